The molecule has 1 N–H and O–H groups in total. The molecule has 0 amide bonds. The van der Waals surface area contributed by atoms with Crippen molar-refractivity contribution in [1.29, 1.82) is 0 Å². The van der Waals surface area contributed by atoms with E-state index in [1.165, 1.54) is 0 Å². The zero-order chi connectivity index (χ0) is 4.83. The molecule has 0 aromatic heterocycles. The van der Waals surface area contributed by atoms with Gasteiger partial charge in [-0.1, -0.05) is 6.92 Å². The Morgan fingerprint density at radius 2 is 2.43 bits per heavy atom. The maximum Gasteiger partial charge on any atom is 1.00 e. The van der Waals surface area contributed by atoms with Crippen LogP contribution in [-0.4, -0.2) is 19.4 Å². The van der Waals surface area contributed by atoms with Gasteiger partial charge in [-0.15, -0.1) is 0 Å². The van der Waals surface area contributed by atoms with Gasteiger partial charge in [0.25, 0.3) is 0 Å². The maximum absolute atomic E-state index is 9.50. The Hall–Kier alpha value is 0.630. The summed E-state index contributed by atoms with van der Waals surface area (Å²) < 4.78 is 0. The minimum Gasteiger partial charge on any atom is -1.00 e. The van der Waals surface area contributed by atoms with Crippen molar-refractivity contribution in [3.05, 3.63) is 0 Å². The van der Waals surface area contributed by atoms with Crippen LogP contribution in [0.3, 0.4) is 0 Å². The first-order valence-corrected chi connectivity index (χ1v) is 2.06. The SMILES string of the molecule is CCNCC=O.[H-].[Na+]. The summed E-state index contributed by atoms with van der Waals surface area (Å²) in [7, 11) is 0. The van der Waals surface area contributed by atoms with E-state index in [0.717, 1.165) is 12.8 Å². The molecule has 0 aliphatic carbocycles. The summed E-state index contributed by atoms with van der Waals surface area (Å²) in [6.07, 6.45) is 0.851. The molecule has 0 heterocycles. The van der Waals surface area contributed by atoms with E-state index < -0.39 is 0 Å². The Morgan fingerprint density at radius 1 is 1.86 bits per heavy atom. The number of hydrogen-bond acceptors (Lipinski definition) is 2. The van der Waals surface area contributed by atoms with Crippen LogP contribution in [-0.2, 0) is 4.79 Å². The zero-order valence-corrected chi connectivity index (χ0v) is 6.90. The Bertz CT molecular complexity index is 45.0. The summed E-state index contributed by atoms with van der Waals surface area (Å²) in [5.74, 6) is 0. The van der Waals surface area contributed by atoms with Crippen LogP contribution in [0.4, 0.5) is 0 Å². The van der Waals surface area contributed by atoms with Gasteiger partial charge in [-0.3, -0.25) is 0 Å². The molecule has 0 saturated heterocycles. The number of carbonyl (C=O) groups is 1. The van der Waals surface area contributed by atoms with Crippen LogP contribution < -0.4 is 34.9 Å². The molecule has 38 valence electrons. The Morgan fingerprint density at radius 3 is 2.57 bits per heavy atom. The second-order valence-corrected chi connectivity index (χ2v) is 0.974. The number of carbonyl (C=O) groups excluding carboxylic acids is 1. The topological polar surface area (TPSA) is 29.1 Å². The van der Waals surface area contributed by atoms with Gasteiger partial charge in [0.2, 0.25) is 0 Å². The number of likely N-dealkylation sites (N-methyl/N-ethyl adjacent to an activating group) is 1. The molecule has 0 atom stereocenters. The van der Waals surface area contributed by atoms with Crippen LogP contribution in [0.25, 0.3) is 0 Å². The molecule has 0 aromatic carbocycles. The smallest absolute Gasteiger partial charge is 1.00 e. The van der Waals surface area contributed by atoms with Crippen molar-refractivity contribution in [2.24, 2.45) is 0 Å². The van der Waals surface area contributed by atoms with Crippen LogP contribution >= 0.6 is 0 Å². The largest absolute Gasteiger partial charge is 1.00 e. The Balaban J connectivity index is -0.000000125. The Kier molecular flexibility index (Phi) is 14.8. The van der Waals surface area contributed by atoms with Crippen molar-refractivity contribution in [2.45, 2.75) is 6.92 Å². The van der Waals surface area contributed by atoms with Gasteiger partial charge in [-0.2, -0.15) is 0 Å². The van der Waals surface area contributed by atoms with E-state index in [2.05, 4.69) is 5.32 Å². The number of rotatable bonds is 3. The monoisotopic (exact) mass is 111 g/mol. The van der Waals surface area contributed by atoms with E-state index in [1.54, 1.807) is 0 Å². The van der Waals surface area contributed by atoms with E-state index in [0.29, 0.717) is 6.54 Å². The molecule has 2 nitrogen and oxygen atoms in total. The summed E-state index contributed by atoms with van der Waals surface area (Å²) in [5, 5.41) is 2.83. The van der Waals surface area contributed by atoms with Crippen LogP contribution in [0.1, 0.15) is 8.35 Å². The first-order chi connectivity index (χ1) is 2.91. The third kappa shape index (κ3) is 10.8. The van der Waals surface area contributed by atoms with Gasteiger partial charge in [-0.05, 0) is 6.54 Å². The van der Waals surface area contributed by atoms with Crippen molar-refractivity contribution in [2.75, 3.05) is 13.1 Å². The average Bonchev–Trinajstić information content (AvgIpc) is 1.61. The summed E-state index contributed by atoms with van der Waals surface area (Å²) >= 11 is 0. The van der Waals surface area contributed by atoms with E-state index in [4.69, 9.17) is 0 Å². The molecule has 0 spiro atoms. The standard InChI is InChI=1S/C4H9NO.Na.H/c1-2-5-3-4-6;;/h4-5H,2-3H2,1H3;;/q;+1;-1. The van der Waals surface area contributed by atoms with Gasteiger partial charge in [0.05, 0.1) is 6.54 Å². The summed E-state index contributed by atoms with van der Waals surface area (Å²) in [4.78, 5) is 9.50. The molecule has 0 unspecified atom stereocenters. The molecule has 0 radical (unpaired) electrons. The van der Waals surface area contributed by atoms with Gasteiger partial charge >= 0.3 is 29.6 Å². The van der Waals surface area contributed by atoms with Gasteiger partial charge in [0, 0.05) is 0 Å². The molecule has 0 bridgehead atoms. The van der Waals surface area contributed by atoms with Gasteiger partial charge in [0.1, 0.15) is 6.29 Å². The minimum absolute atomic E-state index is 0. The predicted molar refractivity (Wildman–Crippen MR) is 25.7 cm³/mol. The van der Waals surface area contributed by atoms with E-state index >= 15 is 0 Å². The zero-order valence-electron chi connectivity index (χ0n) is 5.90. The maximum atomic E-state index is 9.50. The van der Waals surface area contributed by atoms with Crippen LogP contribution in [0, 0.1) is 0 Å². The third-order valence-electron chi connectivity index (χ3n) is 0.478. The van der Waals surface area contributed by atoms with E-state index in [9.17, 15) is 4.79 Å². The second-order valence-electron chi connectivity index (χ2n) is 0.974. The molecule has 3 heteroatoms. The van der Waals surface area contributed by atoms with Crippen LogP contribution in [0.15, 0.2) is 0 Å². The number of nitrogens with one attached hydrogen (secondary N) is 1. The molecule has 7 heavy (non-hydrogen) atoms. The third-order valence-corrected chi connectivity index (χ3v) is 0.478. The van der Waals surface area contributed by atoms with E-state index in [-0.39, 0.29) is 31.0 Å². The number of aldehydes is 1. The summed E-state index contributed by atoms with van der Waals surface area (Å²) in [5.41, 5.74) is 0. The first kappa shape index (κ1) is 10.6. The van der Waals surface area contributed by atoms with Crippen molar-refractivity contribution in [3.8, 4) is 0 Å². The molecular formula is C4H10NNaO. The fourth-order valence-corrected chi connectivity index (χ4v) is 0.203. The fraction of sp³-hybridized carbons (Fsp3) is 0.750. The van der Waals surface area contributed by atoms with Gasteiger partial charge < -0.3 is 11.5 Å². The molecule has 0 saturated carbocycles. The van der Waals surface area contributed by atoms with Crippen molar-refractivity contribution in [3.63, 3.8) is 0 Å². The van der Waals surface area contributed by atoms with Crippen molar-refractivity contribution < 1.29 is 35.8 Å². The van der Waals surface area contributed by atoms with Crippen LogP contribution in [0.5, 0.6) is 0 Å². The predicted octanol–water partition coefficient (Wildman–Crippen LogP) is -3.09. The quantitative estimate of drug-likeness (QED) is 0.237. The molecule has 0 fully saturated rings. The van der Waals surface area contributed by atoms with Gasteiger partial charge in [-0.25, -0.2) is 0 Å². The fourth-order valence-electron chi connectivity index (χ4n) is 0.203. The molecular weight excluding hydrogens is 101 g/mol. The van der Waals surface area contributed by atoms with Gasteiger partial charge in [0.15, 0.2) is 0 Å². The van der Waals surface area contributed by atoms with Crippen molar-refractivity contribution >= 4 is 6.29 Å². The van der Waals surface area contributed by atoms with Crippen molar-refractivity contribution in [1.82, 2.24) is 5.32 Å². The van der Waals surface area contributed by atoms with E-state index in [1.807, 2.05) is 6.92 Å². The molecule has 0 aliphatic heterocycles. The molecule has 0 aromatic rings. The minimum atomic E-state index is 0. The Labute approximate surface area is 67.4 Å². The average molecular weight is 111 g/mol. The molecule has 0 rings (SSSR count). The summed E-state index contributed by atoms with van der Waals surface area (Å²) in [6, 6.07) is 0. The molecule has 0 aliphatic rings. The second kappa shape index (κ2) is 9.80. The first-order valence-electron chi connectivity index (χ1n) is 2.06. The van der Waals surface area contributed by atoms with Crippen LogP contribution in [0.2, 0.25) is 0 Å². The number of hydrogen-bond donors (Lipinski definition) is 1. The normalized spacial score (nSPS) is 7.00. The summed E-state index contributed by atoms with van der Waals surface area (Å²) in [6.45, 7) is 3.32.